The Bertz CT molecular complexity index is 928. The first-order chi connectivity index (χ1) is 13.0. The summed E-state index contributed by atoms with van der Waals surface area (Å²) in [5.74, 6) is -0.988. The molecule has 1 aromatic heterocycles. The molecule has 2 heterocycles. The van der Waals surface area contributed by atoms with Gasteiger partial charge in [0.15, 0.2) is 5.41 Å². The molecule has 8 heteroatoms. The molecule has 3 rings (SSSR count). The lowest BCUT2D eigenvalue weighted by atomic mass is 9.58. The number of nitrogens with two attached hydrogens (primary N) is 1. The number of amides is 1. The van der Waals surface area contributed by atoms with Crippen molar-refractivity contribution >= 4 is 17.4 Å². The number of nitriles is 3. The molecule has 2 aliphatic rings. The highest BCUT2D eigenvalue weighted by Gasteiger charge is 2.54. The van der Waals surface area contributed by atoms with Gasteiger partial charge in [0.25, 0.3) is 0 Å². The van der Waals surface area contributed by atoms with Gasteiger partial charge in [-0.1, -0.05) is 6.08 Å². The van der Waals surface area contributed by atoms with E-state index < -0.39 is 23.3 Å². The molecule has 0 aromatic carbocycles. The topological polar surface area (TPSA) is 127 Å². The van der Waals surface area contributed by atoms with Crippen molar-refractivity contribution in [3.8, 4) is 18.2 Å². The molecule has 2 N–H and O–H groups in total. The van der Waals surface area contributed by atoms with Crippen LogP contribution in [-0.2, 0) is 4.74 Å². The monoisotopic (exact) mass is 379 g/mol. The molecular formula is C19H17N5O2S. The van der Waals surface area contributed by atoms with Gasteiger partial charge in [0, 0.05) is 24.9 Å². The molecule has 136 valence electrons. The molecule has 0 saturated heterocycles. The number of hydrogen-bond acceptors (Lipinski definition) is 7. The van der Waals surface area contributed by atoms with Crippen molar-refractivity contribution in [2.45, 2.75) is 12.8 Å². The van der Waals surface area contributed by atoms with Gasteiger partial charge < -0.3 is 15.4 Å². The number of fused-ring (bicyclic) bond motifs is 1. The average Bonchev–Trinajstić information content (AvgIpc) is 3.21. The molecule has 1 aromatic rings. The fourth-order valence-corrected chi connectivity index (χ4v) is 4.57. The second-order valence-electron chi connectivity index (χ2n) is 6.34. The first kappa shape index (κ1) is 18.5. The predicted octanol–water partition coefficient (Wildman–Crippen LogP) is 2.63. The van der Waals surface area contributed by atoms with E-state index >= 15 is 0 Å². The van der Waals surface area contributed by atoms with Crippen molar-refractivity contribution in [2.75, 3.05) is 19.7 Å². The molecular weight excluding hydrogens is 362 g/mol. The lowest BCUT2D eigenvalue weighted by Crippen LogP contribution is -2.49. The Balaban J connectivity index is 2.20. The van der Waals surface area contributed by atoms with Gasteiger partial charge in [0.05, 0.1) is 30.0 Å². The molecule has 0 spiro atoms. The molecule has 0 saturated carbocycles. The van der Waals surface area contributed by atoms with Gasteiger partial charge >= 0.3 is 6.09 Å². The van der Waals surface area contributed by atoms with Crippen LogP contribution in [0.5, 0.6) is 0 Å². The maximum absolute atomic E-state index is 12.2. The normalized spacial score (nSPS) is 23.3. The highest BCUT2D eigenvalue weighted by atomic mass is 32.1. The summed E-state index contributed by atoms with van der Waals surface area (Å²) in [5.41, 5.74) is 6.16. The Morgan fingerprint density at radius 1 is 1.44 bits per heavy atom. The van der Waals surface area contributed by atoms with E-state index in [4.69, 9.17) is 10.5 Å². The molecule has 0 radical (unpaired) electrons. The second kappa shape index (κ2) is 7.15. The molecule has 1 amide bonds. The number of nitrogens with zero attached hydrogens (tertiary/aromatic N) is 4. The van der Waals surface area contributed by atoms with E-state index in [2.05, 4.69) is 18.2 Å². The zero-order valence-electron chi connectivity index (χ0n) is 14.7. The highest BCUT2D eigenvalue weighted by Crippen LogP contribution is 2.54. The molecule has 2 atom stereocenters. The summed E-state index contributed by atoms with van der Waals surface area (Å²) in [7, 11) is 0. The van der Waals surface area contributed by atoms with Crippen LogP contribution in [0.1, 0.15) is 18.4 Å². The van der Waals surface area contributed by atoms with Crippen molar-refractivity contribution < 1.29 is 9.53 Å². The zero-order chi connectivity index (χ0) is 19.6. The third-order valence-corrected chi connectivity index (χ3v) is 5.79. The van der Waals surface area contributed by atoms with Crippen LogP contribution in [0.25, 0.3) is 0 Å². The maximum Gasteiger partial charge on any atom is 0.410 e. The van der Waals surface area contributed by atoms with Crippen LogP contribution in [0.3, 0.4) is 0 Å². The predicted molar refractivity (Wildman–Crippen MR) is 97.7 cm³/mol. The van der Waals surface area contributed by atoms with E-state index in [1.54, 1.807) is 13.0 Å². The van der Waals surface area contributed by atoms with E-state index in [0.717, 1.165) is 5.56 Å². The summed E-state index contributed by atoms with van der Waals surface area (Å²) in [4.78, 5) is 13.7. The summed E-state index contributed by atoms with van der Waals surface area (Å²) in [5, 5.41) is 33.2. The van der Waals surface area contributed by atoms with Gasteiger partial charge in [-0.15, -0.1) is 0 Å². The lowest BCUT2D eigenvalue weighted by molar-refractivity contribution is 0.0999. The Morgan fingerprint density at radius 3 is 2.74 bits per heavy atom. The maximum atomic E-state index is 12.2. The summed E-state index contributed by atoms with van der Waals surface area (Å²) in [6.45, 7) is 2.51. The van der Waals surface area contributed by atoms with Crippen LogP contribution in [0, 0.1) is 45.3 Å². The van der Waals surface area contributed by atoms with Gasteiger partial charge in [0.1, 0.15) is 6.07 Å². The van der Waals surface area contributed by atoms with Gasteiger partial charge in [0.2, 0.25) is 0 Å². The first-order valence-electron chi connectivity index (χ1n) is 8.41. The summed E-state index contributed by atoms with van der Waals surface area (Å²) >= 11 is 1.45. The van der Waals surface area contributed by atoms with Crippen molar-refractivity contribution in [2.24, 2.45) is 17.1 Å². The van der Waals surface area contributed by atoms with E-state index in [0.29, 0.717) is 5.57 Å². The number of hydrogen-bond donors (Lipinski definition) is 1. The van der Waals surface area contributed by atoms with Gasteiger partial charge in [-0.05, 0) is 34.9 Å². The van der Waals surface area contributed by atoms with Gasteiger partial charge in [-0.25, -0.2) is 4.79 Å². The van der Waals surface area contributed by atoms with Crippen LogP contribution in [-0.4, -0.2) is 30.7 Å². The molecule has 1 aliphatic heterocycles. The molecule has 0 fully saturated rings. The molecule has 1 aliphatic carbocycles. The Labute approximate surface area is 161 Å². The van der Waals surface area contributed by atoms with Crippen molar-refractivity contribution in [3.05, 3.63) is 45.3 Å². The number of thiophene rings is 1. The second-order valence-corrected chi connectivity index (χ2v) is 7.12. The number of allylic oxidation sites excluding steroid dienone is 2. The largest absolute Gasteiger partial charge is 0.450 e. The van der Waals surface area contributed by atoms with Gasteiger partial charge in [-0.2, -0.15) is 27.1 Å². The Morgan fingerprint density at radius 2 is 2.19 bits per heavy atom. The fourth-order valence-electron chi connectivity index (χ4n) is 3.87. The fraction of sp³-hybridized carbons (Fsp3) is 0.368. The Kier molecular flexibility index (Phi) is 4.90. The smallest absolute Gasteiger partial charge is 0.410 e. The minimum atomic E-state index is -1.67. The number of ether oxygens (including phenoxy) is 1. The Hall–Kier alpha value is -3.28. The summed E-state index contributed by atoms with van der Waals surface area (Å²) in [6.07, 6.45) is 1.31. The van der Waals surface area contributed by atoms with Crippen molar-refractivity contribution in [1.82, 2.24) is 4.90 Å². The van der Waals surface area contributed by atoms with Crippen molar-refractivity contribution in [1.29, 1.82) is 15.8 Å². The quantitative estimate of drug-likeness (QED) is 0.841. The van der Waals surface area contributed by atoms with E-state index in [1.165, 1.54) is 16.2 Å². The first-order valence-corrected chi connectivity index (χ1v) is 9.35. The molecule has 0 bridgehead atoms. The van der Waals surface area contributed by atoms with Gasteiger partial charge in [-0.3, -0.25) is 0 Å². The van der Waals surface area contributed by atoms with Crippen molar-refractivity contribution in [3.63, 3.8) is 0 Å². The highest BCUT2D eigenvalue weighted by molar-refractivity contribution is 7.08. The number of rotatable bonds is 2. The third-order valence-electron chi connectivity index (χ3n) is 5.09. The van der Waals surface area contributed by atoms with E-state index in [9.17, 15) is 20.6 Å². The number of carbonyl (C=O) groups is 1. The minimum absolute atomic E-state index is 0.0155. The molecule has 7 nitrogen and oxygen atoms in total. The minimum Gasteiger partial charge on any atom is -0.450 e. The molecule has 27 heavy (non-hydrogen) atoms. The van der Waals surface area contributed by atoms with E-state index in [-0.39, 0.29) is 31.0 Å². The average molecular weight is 379 g/mol. The van der Waals surface area contributed by atoms with E-state index in [1.807, 2.05) is 16.8 Å². The van der Waals surface area contributed by atoms with Crippen LogP contribution in [0.2, 0.25) is 0 Å². The summed E-state index contributed by atoms with van der Waals surface area (Å²) < 4.78 is 5.09. The van der Waals surface area contributed by atoms with Crippen LogP contribution in [0.15, 0.2) is 39.7 Å². The third kappa shape index (κ3) is 2.73. The SMILES string of the molecule is CCOC(=O)N1CC=C2C(C#N)=C(N)C(C#N)(C#N)C(c3ccsc3)C2C1. The number of carbonyl (C=O) groups excluding carboxylic acids is 1. The lowest BCUT2D eigenvalue weighted by Gasteiger charge is -2.45. The molecule has 2 unspecified atom stereocenters. The van der Waals surface area contributed by atoms with Crippen LogP contribution in [0.4, 0.5) is 4.79 Å². The standard InChI is InChI=1S/C19H17N5O2S/c1-2-26-18(25)24-5-3-13-14(7-20)17(23)19(10-21,11-22)16(15(13)8-24)12-4-6-27-9-12/h3-4,6,9,15-16H,2,5,8,23H2,1H3. The van der Waals surface area contributed by atoms with Crippen LogP contribution < -0.4 is 5.73 Å². The van der Waals surface area contributed by atoms with Crippen LogP contribution >= 0.6 is 11.3 Å². The zero-order valence-corrected chi connectivity index (χ0v) is 15.5. The summed E-state index contributed by atoms with van der Waals surface area (Å²) in [6, 6.07) is 8.05.